The number of aliphatic imine (C=N–C) groups is 1. The van der Waals surface area contributed by atoms with Gasteiger partial charge in [0.2, 0.25) is 5.88 Å². The Morgan fingerprint density at radius 1 is 1.32 bits per heavy atom. The molecule has 2 rings (SSSR count). The van der Waals surface area contributed by atoms with Gasteiger partial charge in [0.05, 0.1) is 17.8 Å². The molecule has 10 heteroatoms. The van der Waals surface area contributed by atoms with E-state index in [4.69, 9.17) is 12.2 Å². The van der Waals surface area contributed by atoms with Crippen LogP contribution in [0.3, 0.4) is 0 Å². The highest BCUT2D eigenvalue weighted by Gasteiger charge is 2.30. The van der Waals surface area contributed by atoms with Crippen LogP contribution in [0.5, 0.6) is 5.88 Å². The molecule has 1 heterocycles. The zero-order valence-electron chi connectivity index (χ0n) is 15.5. The molecule has 2 N–H and O–H groups in total. The van der Waals surface area contributed by atoms with Crippen LogP contribution in [-0.2, 0) is 6.18 Å². The summed E-state index contributed by atoms with van der Waals surface area (Å²) in [4.78, 5) is 20.8. The van der Waals surface area contributed by atoms with Gasteiger partial charge >= 0.3 is 6.18 Å². The minimum absolute atomic E-state index is 0.0219. The maximum atomic E-state index is 13.0. The van der Waals surface area contributed by atoms with Crippen molar-refractivity contribution in [3.05, 3.63) is 50.5 Å². The van der Waals surface area contributed by atoms with Crippen LogP contribution < -0.4 is 5.56 Å². The third-order valence-electron chi connectivity index (χ3n) is 4.21. The highest BCUT2D eigenvalue weighted by Crippen LogP contribution is 2.31. The van der Waals surface area contributed by atoms with Gasteiger partial charge in [0, 0.05) is 12.8 Å². The normalized spacial score (nSPS) is 12.2. The van der Waals surface area contributed by atoms with Crippen LogP contribution in [0.15, 0.2) is 34.1 Å². The van der Waals surface area contributed by atoms with Crippen molar-refractivity contribution in [3.63, 3.8) is 0 Å². The first-order valence-electron chi connectivity index (χ1n) is 8.67. The SMILES string of the molecule is CCN(CC)CCN=Cc1c(O)n(-c2cccc(C(F)(F)F)c2)c(=S)[nH]c1=O. The van der Waals surface area contributed by atoms with Crippen molar-refractivity contribution in [2.24, 2.45) is 4.99 Å². The number of benzene rings is 1. The van der Waals surface area contributed by atoms with Crippen molar-refractivity contribution in [1.82, 2.24) is 14.5 Å². The lowest BCUT2D eigenvalue weighted by Gasteiger charge is -2.16. The smallest absolute Gasteiger partial charge is 0.416 e. The molecule has 152 valence electrons. The summed E-state index contributed by atoms with van der Waals surface area (Å²) >= 11 is 5.02. The van der Waals surface area contributed by atoms with Crippen LogP contribution in [-0.4, -0.2) is 52.0 Å². The highest BCUT2D eigenvalue weighted by molar-refractivity contribution is 7.71. The van der Waals surface area contributed by atoms with Crippen molar-refractivity contribution in [2.45, 2.75) is 20.0 Å². The second-order valence-electron chi connectivity index (χ2n) is 5.94. The Kier molecular flexibility index (Phi) is 7.14. The van der Waals surface area contributed by atoms with Gasteiger partial charge in [-0.05, 0) is 43.5 Å². The van der Waals surface area contributed by atoms with Crippen LogP contribution in [0, 0.1) is 4.77 Å². The largest absolute Gasteiger partial charge is 0.494 e. The quantitative estimate of drug-likeness (QED) is 0.538. The first-order chi connectivity index (χ1) is 13.2. The second-order valence-corrected chi connectivity index (χ2v) is 6.33. The molecule has 0 aliphatic heterocycles. The number of halogens is 3. The Morgan fingerprint density at radius 2 is 2.00 bits per heavy atom. The minimum atomic E-state index is -4.55. The van der Waals surface area contributed by atoms with Crippen molar-refractivity contribution < 1.29 is 18.3 Å². The van der Waals surface area contributed by atoms with Gasteiger partial charge in [0.15, 0.2) is 4.77 Å². The van der Waals surface area contributed by atoms with E-state index in [2.05, 4.69) is 14.9 Å². The van der Waals surface area contributed by atoms with Gasteiger partial charge in [0.1, 0.15) is 5.56 Å². The molecule has 1 aromatic carbocycles. The molecule has 0 spiro atoms. The number of aromatic amines is 1. The number of hydrogen-bond acceptors (Lipinski definition) is 5. The van der Waals surface area contributed by atoms with E-state index in [1.807, 2.05) is 13.8 Å². The fourth-order valence-electron chi connectivity index (χ4n) is 2.61. The third-order valence-corrected chi connectivity index (χ3v) is 4.50. The summed E-state index contributed by atoms with van der Waals surface area (Å²) in [5.41, 5.74) is -1.76. The first kappa shape index (κ1) is 21.8. The molecule has 0 atom stereocenters. The molecule has 0 amide bonds. The molecule has 0 aliphatic carbocycles. The lowest BCUT2D eigenvalue weighted by molar-refractivity contribution is -0.137. The van der Waals surface area contributed by atoms with Gasteiger partial charge in [-0.15, -0.1) is 0 Å². The van der Waals surface area contributed by atoms with Crippen LogP contribution in [0.2, 0.25) is 0 Å². The Labute approximate surface area is 165 Å². The van der Waals surface area contributed by atoms with Crippen molar-refractivity contribution in [1.29, 1.82) is 0 Å². The number of aromatic hydroxyl groups is 1. The average Bonchev–Trinajstić information content (AvgIpc) is 2.63. The molecule has 0 unspecified atom stereocenters. The zero-order chi connectivity index (χ0) is 20.9. The van der Waals surface area contributed by atoms with Crippen LogP contribution in [0.1, 0.15) is 25.0 Å². The maximum Gasteiger partial charge on any atom is 0.416 e. The summed E-state index contributed by atoms with van der Waals surface area (Å²) in [5, 5.41) is 10.5. The maximum absolute atomic E-state index is 13.0. The molecule has 6 nitrogen and oxygen atoms in total. The summed E-state index contributed by atoms with van der Waals surface area (Å²) in [5.74, 6) is -0.570. The van der Waals surface area contributed by atoms with Gasteiger partial charge in [-0.1, -0.05) is 19.9 Å². The lowest BCUT2D eigenvalue weighted by atomic mass is 10.2. The van der Waals surface area contributed by atoms with E-state index in [-0.39, 0.29) is 16.0 Å². The van der Waals surface area contributed by atoms with Gasteiger partial charge in [0.25, 0.3) is 5.56 Å². The number of nitrogens with zero attached hydrogens (tertiary/aromatic N) is 3. The number of nitrogens with one attached hydrogen (secondary N) is 1. The minimum Gasteiger partial charge on any atom is -0.494 e. The monoisotopic (exact) mass is 414 g/mol. The Hall–Kier alpha value is -2.46. The van der Waals surface area contributed by atoms with Gasteiger partial charge in [-0.25, -0.2) is 0 Å². The summed E-state index contributed by atoms with van der Waals surface area (Å²) in [6.07, 6.45) is -3.35. The fourth-order valence-corrected chi connectivity index (χ4v) is 2.90. The predicted octanol–water partition coefficient (Wildman–Crippen LogP) is 3.38. The van der Waals surface area contributed by atoms with E-state index in [1.54, 1.807) is 0 Å². The average molecular weight is 414 g/mol. The van der Waals surface area contributed by atoms with E-state index < -0.39 is 23.2 Å². The van der Waals surface area contributed by atoms with Crippen LogP contribution >= 0.6 is 12.2 Å². The molecule has 0 aliphatic rings. The number of H-pyrrole nitrogens is 1. The van der Waals surface area contributed by atoms with E-state index in [1.165, 1.54) is 18.3 Å². The molecule has 0 saturated carbocycles. The highest BCUT2D eigenvalue weighted by atomic mass is 32.1. The van der Waals surface area contributed by atoms with Crippen LogP contribution in [0.25, 0.3) is 5.69 Å². The Balaban J connectivity index is 2.42. The van der Waals surface area contributed by atoms with Gasteiger partial charge < -0.3 is 10.0 Å². The Bertz CT molecular complexity index is 963. The fraction of sp³-hybridized carbons (Fsp3) is 0.389. The lowest BCUT2D eigenvalue weighted by Crippen LogP contribution is -2.25. The van der Waals surface area contributed by atoms with Crippen molar-refractivity contribution in [2.75, 3.05) is 26.2 Å². The second kappa shape index (κ2) is 9.16. The number of likely N-dealkylation sites (N-methyl/N-ethyl adjacent to an activating group) is 1. The number of hydrogen-bond donors (Lipinski definition) is 2. The van der Waals surface area contributed by atoms with Crippen LogP contribution in [0.4, 0.5) is 13.2 Å². The molecule has 1 aromatic heterocycles. The summed E-state index contributed by atoms with van der Waals surface area (Å²) in [6, 6.07) is 4.30. The summed E-state index contributed by atoms with van der Waals surface area (Å²) < 4.78 is 39.7. The molecular formula is C18H21F3N4O2S. The standard InChI is InChI=1S/C18H21F3N4O2S/c1-3-24(4-2)9-8-22-11-14-15(26)23-17(28)25(16(14)27)13-7-5-6-12(10-13)18(19,20)21/h5-7,10-11,27H,3-4,8-9H2,1-2H3,(H,23,26,28). The summed E-state index contributed by atoms with van der Waals surface area (Å²) in [6.45, 7) is 6.83. The summed E-state index contributed by atoms with van der Waals surface area (Å²) in [7, 11) is 0. The van der Waals surface area contributed by atoms with E-state index in [0.717, 1.165) is 29.8 Å². The third kappa shape index (κ3) is 5.08. The molecule has 2 aromatic rings. The first-order valence-corrected chi connectivity index (χ1v) is 9.08. The van der Waals surface area contributed by atoms with Crippen molar-refractivity contribution in [3.8, 4) is 11.6 Å². The van der Waals surface area contributed by atoms with Gasteiger partial charge in [-0.2, -0.15) is 13.2 Å². The molecule has 28 heavy (non-hydrogen) atoms. The van der Waals surface area contributed by atoms with E-state index >= 15 is 0 Å². The number of aromatic nitrogens is 2. The van der Waals surface area contributed by atoms with E-state index in [0.29, 0.717) is 13.1 Å². The molecule has 0 radical (unpaired) electrons. The number of alkyl halides is 3. The molecule has 0 fully saturated rings. The molecule has 0 bridgehead atoms. The topological polar surface area (TPSA) is 73.6 Å². The zero-order valence-corrected chi connectivity index (χ0v) is 16.3. The molecular weight excluding hydrogens is 393 g/mol. The Morgan fingerprint density at radius 3 is 2.61 bits per heavy atom. The van der Waals surface area contributed by atoms with E-state index in [9.17, 15) is 23.1 Å². The van der Waals surface area contributed by atoms with Gasteiger partial charge in [-0.3, -0.25) is 19.3 Å². The number of rotatable bonds is 7. The predicted molar refractivity (Wildman–Crippen MR) is 104 cm³/mol. The van der Waals surface area contributed by atoms with Crippen molar-refractivity contribution >= 4 is 18.4 Å². The molecule has 0 saturated heterocycles.